The highest BCUT2D eigenvalue weighted by atomic mass is 35.5. The Morgan fingerprint density at radius 2 is 1.78 bits per heavy atom. The van der Waals surface area contributed by atoms with Crippen molar-refractivity contribution in [1.82, 2.24) is 0 Å². The van der Waals surface area contributed by atoms with Crippen LogP contribution >= 0.6 is 11.6 Å². The zero-order valence-corrected chi connectivity index (χ0v) is 5.47. The van der Waals surface area contributed by atoms with Gasteiger partial charge in [0.25, 0.3) is 0 Å². The van der Waals surface area contributed by atoms with Crippen LogP contribution in [0.15, 0.2) is 30.3 Å². The number of benzene rings is 1. The molecule has 1 aromatic rings. The Morgan fingerprint density at radius 1 is 1.22 bits per heavy atom. The lowest BCUT2D eigenvalue weighted by atomic mass is 10.2. The van der Waals surface area contributed by atoms with Gasteiger partial charge < -0.3 is 5.11 Å². The van der Waals surface area contributed by atoms with Crippen LogP contribution in [0.4, 0.5) is 0 Å². The molecule has 0 aromatic heterocycles. The van der Waals surface area contributed by atoms with E-state index in [-0.39, 0.29) is 5.56 Å². The van der Waals surface area contributed by atoms with Gasteiger partial charge in [-0.25, -0.2) is 0 Å². The molecule has 1 N–H and O–H groups in total. The first-order valence-electron chi connectivity index (χ1n) is 2.57. The van der Waals surface area contributed by atoms with Crippen molar-refractivity contribution in [1.29, 1.82) is 0 Å². The minimum atomic E-state index is -0.157. The smallest absolute Gasteiger partial charge is 0.212 e. The van der Waals surface area contributed by atoms with E-state index in [2.05, 4.69) is 0 Å². The van der Waals surface area contributed by atoms with Crippen molar-refractivity contribution in [2.24, 2.45) is 0 Å². The monoisotopic (exact) mass is 141 g/mol. The first kappa shape index (κ1) is 6.59. The predicted molar refractivity (Wildman–Crippen MR) is 36.6 cm³/mol. The van der Waals surface area contributed by atoms with Crippen molar-refractivity contribution < 1.29 is 5.11 Å². The third kappa shape index (κ3) is 1.70. The van der Waals surface area contributed by atoms with Crippen LogP contribution < -0.4 is 0 Å². The summed E-state index contributed by atoms with van der Waals surface area (Å²) in [6.45, 7) is 0. The Labute approximate surface area is 58.9 Å². The number of aliphatic hydroxyl groups excluding tert-OH is 1. The molecule has 1 aromatic carbocycles. The Hall–Kier alpha value is -0.530. The molecule has 1 radical (unpaired) electrons. The lowest BCUT2D eigenvalue weighted by molar-refractivity contribution is 0.388. The molecule has 0 atom stereocenters. The summed E-state index contributed by atoms with van der Waals surface area (Å²) < 4.78 is 0. The maximum atomic E-state index is 8.71. The fraction of sp³-hybridized carbons (Fsp3) is 0. The molecule has 0 heterocycles. The molecule has 0 aliphatic rings. The quantitative estimate of drug-likeness (QED) is 0.635. The standard InChI is InChI=1S/C7H6ClO/c8-7(9)6-4-2-1-3-5-6/h1-5,9H. The Balaban J connectivity index is 2.85. The molecule has 1 nitrogen and oxygen atoms in total. The summed E-state index contributed by atoms with van der Waals surface area (Å²) in [5.41, 5.74) is 0.495. The molecule has 0 aliphatic carbocycles. The minimum Gasteiger partial charge on any atom is -0.367 e. The zero-order chi connectivity index (χ0) is 6.69. The molecule has 0 amide bonds. The molecule has 0 fully saturated rings. The molecule has 9 heavy (non-hydrogen) atoms. The predicted octanol–water partition coefficient (Wildman–Crippen LogP) is 2.14. The molecule has 0 unspecified atom stereocenters. The second-order valence-corrected chi connectivity index (χ2v) is 2.01. The highest BCUT2D eigenvalue weighted by molar-refractivity contribution is 6.27. The van der Waals surface area contributed by atoms with Gasteiger partial charge in [0.2, 0.25) is 5.56 Å². The van der Waals surface area contributed by atoms with E-state index in [0.717, 1.165) is 0 Å². The summed E-state index contributed by atoms with van der Waals surface area (Å²) >= 11 is 5.28. The normalized spacial score (nSPS) is 10.1. The second kappa shape index (κ2) is 2.85. The number of hydrogen-bond acceptors (Lipinski definition) is 1. The average Bonchev–Trinajstić information content (AvgIpc) is 1.90. The van der Waals surface area contributed by atoms with E-state index in [4.69, 9.17) is 16.7 Å². The van der Waals surface area contributed by atoms with E-state index in [9.17, 15) is 0 Å². The molecular formula is C7H6ClO. The second-order valence-electron chi connectivity index (χ2n) is 1.66. The van der Waals surface area contributed by atoms with Crippen molar-refractivity contribution in [3.63, 3.8) is 0 Å². The summed E-state index contributed by atoms with van der Waals surface area (Å²) in [4.78, 5) is 0. The van der Waals surface area contributed by atoms with Crippen molar-refractivity contribution in [2.45, 2.75) is 0 Å². The van der Waals surface area contributed by atoms with Crippen LogP contribution in [0, 0.1) is 5.56 Å². The van der Waals surface area contributed by atoms with Gasteiger partial charge in [-0.15, -0.1) is 0 Å². The van der Waals surface area contributed by atoms with Crippen LogP contribution in [0.3, 0.4) is 0 Å². The van der Waals surface area contributed by atoms with E-state index >= 15 is 0 Å². The Kier molecular flexibility index (Phi) is 2.09. The van der Waals surface area contributed by atoms with Gasteiger partial charge in [0.15, 0.2) is 0 Å². The number of rotatable bonds is 1. The molecule has 0 bridgehead atoms. The van der Waals surface area contributed by atoms with Crippen LogP contribution in [-0.4, -0.2) is 5.11 Å². The van der Waals surface area contributed by atoms with Crippen molar-refractivity contribution >= 4 is 11.6 Å². The molecule has 2 heteroatoms. The van der Waals surface area contributed by atoms with Crippen molar-refractivity contribution in [3.05, 3.63) is 41.5 Å². The lowest BCUT2D eigenvalue weighted by Gasteiger charge is -1.96. The van der Waals surface area contributed by atoms with E-state index < -0.39 is 0 Å². The highest BCUT2D eigenvalue weighted by Gasteiger charge is 2.00. The Bertz CT molecular complexity index is 172. The molecule has 1 rings (SSSR count). The van der Waals surface area contributed by atoms with Crippen LogP contribution in [0.2, 0.25) is 0 Å². The SMILES string of the molecule is O[C](Cl)c1ccccc1. The van der Waals surface area contributed by atoms with Crippen LogP contribution in [0.1, 0.15) is 5.56 Å². The number of hydrogen-bond donors (Lipinski definition) is 1. The van der Waals surface area contributed by atoms with Crippen molar-refractivity contribution in [2.75, 3.05) is 0 Å². The van der Waals surface area contributed by atoms with Gasteiger partial charge in [0.1, 0.15) is 0 Å². The zero-order valence-electron chi connectivity index (χ0n) is 4.71. The topological polar surface area (TPSA) is 20.2 Å². The maximum Gasteiger partial charge on any atom is 0.212 e. The number of aliphatic hydroxyl groups is 1. The molecule has 0 saturated heterocycles. The molecular weight excluding hydrogens is 136 g/mol. The summed E-state index contributed by atoms with van der Waals surface area (Å²) in [5, 5.41) is 8.71. The van der Waals surface area contributed by atoms with Crippen LogP contribution in [0.25, 0.3) is 0 Å². The van der Waals surface area contributed by atoms with Gasteiger partial charge >= 0.3 is 0 Å². The van der Waals surface area contributed by atoms with Gasteiger partial charge in [-0.3, -0.25) is 0 Å². The van der Waals surface area contributed by atoms with Gasteiger partial charge in [0, 0.05) is 5.56 Å². The van der Waals surface area contributed by atoms with Gasteiger partial charge in [-0.05, 0) is 0 Å². The number of halogens is 1. The summed E-state index contributed by atoms with van der Waals surface area (Å²) in [6, 6.07) is 8.97. The van der Waals surface area contributed by atoms with E-state index in [1.54, 1.807) is 12.1 Å². The minimum absolute atomic E-state index is 0.157. The fourth-order valence-electron chi connectivity index (χ4n) is 0.576. The first-order valence-corrected chi connectivity index (χ1v) is 2.95. The third-order valence-corrected chi connectivity index (χ3v) is 1.23. The van der Waals surface area contributed by atoms with Crippen LogP contribution in [0.5, 0.6) is 0 Å². The summed E-state index contributed by atoms with van der Waals surface area (Å²) in [7, 11) is 0. The van der Waals surface area contributed by atoms with Crippen LogP contribution in [-0.2, 0) is 0 Å². The average molecular weight is 142 g/mol. The summed E-state index contributed by atoms with van der Waals surface area (Å²) in [6.07, 6.45) is 0. The highest BCUT2D eigenvalue weighted by Crippen LogP contribution is 2.13. The molecule has 0 saturated carbocycles. The molecule has 47 valence electrons. The fourth-order valence-corrected chi connectivity index (χ4v) is 0.702. The molecule has 0 spiro atoms. The maximum absolute atomic E-state index is 8.71. The van der Waals surface area contributed by atoms with Gasteiger partial charge in [0.05, 0.1) is 0 Å². The largest absolute Gasteiger partial charge is 0.367 e. The first-order chi connectivity index (χ1) is 4.30. The molecule has 0 aliphatic heterocycles. The van der Waals surface area contributed by atoms with Crippen molar-refractivity contribution in [3.8, 4) is 0 Å². The van der Waals surface area contributed by atoms with E-state index in [0.29, 0.717) is 5.56 Å². The summed E-state index contributed by atoms with van der Waals surface area (Å²) in [5.74, 6) is 0. The van der Waals surface area contributed by atoms with E-state index in [1.807, 2.05) is 18.2 Å². The van der Waals surface area contributed by atoms with Gasteiger partial charge in [-0.2, -0.15) is 0 Å². The van der Waals surface area contributed by atoms with E-state index in [1.165, 1.54) is 0 Å². The Morgan fingerprint density at radius 3 is 2.11 bits per heavy atom. The lowest BCUT2D eigenvalue weighted by Crippen LogP contribution is -1.85. The third-order valence-electron chi connectivity index (χ3n) is 1.01. The van der Waals surface area contributed by atoms with Gasteiger partial charge in [-0.1, -0.05) is 41.9 Å².